The Morgan fingerprint density at radius 3 is 2.81 bits per heavy atom. The van der Waals surface area contributed by atoms with Gasteiger partial charge < -0.3 is 14.6 Å². The molecule has 0 radical (unpaired) electrons. The second-order valence-electron chi connectivity index (χ2n) is 6.31. The summed E-state index contributed by atoms with van der Waals surface area (Å²) in [6, 6.07) is 12.7. The van der Waals surface area contributed by atoms with Crippen LogP contribution < -0.4 is 10.5 Å². The number of fused-ring (bicyclic) bond motifs is 2. The van der Waals surface area contributed by atoms with E-state index in [-0.39, 0.29) is 5.56 Å². The average molecular weight is 369 g/mol. The third-order valence-electron chi connectivity index (χ3n) is 4.70. The summed E-state index contributed by atoms with van der Waals surface area (Å²) in [7, 11) is 1.35. The first-order valence-corrected chi connectivity index (χ1v) is 8.76. The number of esters is 1. The number of ether oxygens (including phenoxy) is 1. The largest absolute Gasteiger partial charge is 0.465 e. The first-order chi connectivity index (χ1) is 12.6. The normalized spacial score (nSPS) is 13.5. The Labute approximate surface area is 155 Å². The summed E-state index contributed by atoms with van der Waals surface area (Å²) in [5, 5.41) is 1.48. The van der Waals surface area contributed by atoms with E-state index in [0.717, 1.165) is 36.0 Å². The van der Waals surface area contributed by atoms with Gasteiger partial charge in [0.1, 0.15) is 5.69 Å². The van der Waals surface area contributed by atoms with Gasteiger partial charge in [0.05, 0.1) is 12.7 Å². The first-order valence-electron chi connectivity index (χ1n) is 8.38. The van der Waals surface area contributed by atoms with Crippen molar-refractivity contribution in [3.05, 3.63) is 69.0 Å². The molecule has 6 heteroatoms. The van der Waals surface area contributed by atoms with Crippen LogP contribution in [0.4, 0.5) is 11.4 Å². The van der Waals surface area contributed by atoms with Crippen molar-refractivity contribution in [1.29, 1.82) is 0 Å². The summed E-state index contributed by atoms with van der Waals surface area (Å²) in [5.74, 6) is -0.405. The van der Waals surface area contributed by atoms with E-state index in [1.807, 2.05) is 29.2 Å². The van der Waals surface area contributed by atoms with Crippen molar-refractivity contribution in [3.8, 4) is 0 Å². The van der Waals surface area contributed by atoms with Crippen LogP contribution in [0.25, 0.3) is 10.9 Å². The molecule has 132 valence electrons. The number of nitrogens with zero attached hydrogens (tertiary/aromatic N) is 1. The van der Waals surface area contributed by atoms with Gasteiger partial charge in [-0.05, 0) is 60.9 Å². The number of aromatic amines is 1. The Morgan fingerprint density at radius 2 is 2.00 bits per heavy atom. The van der Waals surface area contributed by atoms with E-state index in [2.05, 4.69) is 4.98 Å². The van der Waals surface area contributed by atoms with Gasteiger partial charge in [0.2, 0.25) is 0 Å². The van der Waals surface area contributed by atoms with Crippen LogP contribution in [0.1, 0.15) is 22.3 Å². The van der Waals surface area contributed by atoms with Crippen molar-refractivity contribution in [1.82, 2.24) is 4.98 Å². The predicted octanol–water partition coefficient (Wildman–Crippen LogP) is 4.05. The lowest BCUT2D eigenvalue weighted by Crippen LogP contribution is -2.29. The minimum absolute atomic E-state index is 0.161. The first kappa shape index (κ1) is 16.7. The van der Waals surface area contributed by atoms with Crippen molar-refractivity contribution < 1.29 is 9.53 Å². The third-order valence-corrected chi connectivity index (χ3v) is 4.93. The Kier molecular flexibility index (Phi) is 4.17. The van der Waals surface area contributed by atoms with Crippen LogP contribution >= 0.6 is 11.6 Å². The number of benzene rings is 2. The minimum Gasteiger partial charge on any atom is -0.465 e. The molecule has 1 N–H and O–H groups in total. The second-order valence-corrected chi connectivity index (χ2v) is 6.74. The zero-order chi connectivity index (χ0) is 18.3. The van der Waals surface area contributed by atoms with Crippen LogP contribution in [0.5, 0.6) is 0 Å². The molecule has 0 saturated carbocycles. The lowest BCUT2D eigenvalue weighted by atomic mass is 10.0. The highest BCUT2D eigenvalue weighted by Crippen LogP contribution is 2.34. The number of aromatic nitrogens is 1. The van der Waals surface area contributed by atoms with Gasteiger partial charge in [-0.3, -0.25) is 4.79 Å². The fourth-order valence-electron chi connectivity index (χ4n) is 3.46. The molecule has 0 fully saturated rings. The molecular formula is C20H17ClN2O3. The fourth-order valence-corrected chi connectivity index (χ4v) is 3.65. The van der Waals surface area contributed by atoms with Crippen molar-refractivity contribution in [2.45, 2.75) is 12.8 Å². The molecule has 0 aliphatic carbocycles. The van der Waals surface area contributed by atoms with E-state index in [1.54, 1.807) is 18.2 Å². The minimum atomic E-state index is -0.405. The highest BCUT2D eigenvalue weighted by atomic mass is 35.5. The molecule has 0 saturated heterocycles. The Balaban J connectivity index is 1.86. The fraction of sp³-hybridized carbons (Fsp3) is 0.200. The maximum atomic E-state index is 12.7. The topological polar surface area (TPSA) is 62.4 Å². The number of halogens is 1. The van der Waals surface area contributed by atoms with Crippen LogP contribution in [0.3, 0.4) is 0 Å². The zero-order valence-corrected chi connectivity index (χ0v) is 15.0. The smallest absolute Gasteiger partial charge is 0.337 e. The van der Waals surface area contributed by atoms with Gasteiger partial charge in [-0.2, -0.15) is 0 Å². The van der Waals surface area contributed by atoms with E-state index < -0.39 is 5.97 Å². The van der Waals surface area contributed by atoms with E-state index in [0.29, 0.717) is 21.8 Å². The molecule has 26 heavy (non-hydrogen) atoms. The highest BCUT2D eigenvalue weighted by Gasteiger charge is 2.21. The Hall–Kier alpha value is -2.79. The average Bonchev–Trinajstić information content (AvgIpc) is 2.65. The van der Waals surface area contributed by atoms with Gasteiger partial charge in [-0.1, -0.05) is 11.6 Å². The number of H-pyrrole nitrogens is 1. The van der Waals surface area contributed by atoms with Crippen molar-refractivity contribution in [2.24, 2.45) is 0 Å². The Bertz CT molecular complexity index is 1070. The SMILES string of the molecule is COC(=O)c1ccc2[nH]c(=O)c(N3CCCc4cc(Cl)ccc43)cc2c1. The number of methoxy groups -OCH3 is 1. The van der Waals surface area contributed by atoms with Gasteiger partial charge in [-0.25, -0.2) is 4.79 Å². The van der Waals surface area contributed by atoms with Gasteiger partial charge in [0.15, 0.2) is 0 Å². The molecule has 4 rings (SSSR count). The van der Waals surface area contributed by atoms with E-state index in [1.165, 1.54) is 7.11 Å². The predicted molar refractivity (Wildman–Crippen MR) is 103 cm³/mol. The number of rotatable bonds is 2. The highest BCUT2D eigenvalue weighted by molar-refractivity contribution is 6.30. The standard InChI is InChI=1S/C20H17ClN2O3/c1-26-20(25)13-4-6-16-14(9-13)11-18(19(24)22-16)23-8-2-3-12-10-15(21)5-7-17(12)23/h4-7,9-11H,2-3,8H2,1H3,(H,22,24). The summed E-state index contributed by atoms with van der Waals surface area (Å²) in [6.45, 7) is 0.750. The molecule has 2 heterocycles. The number of carbonyl (C=O) groups excluding carboxylic acids is 1. The molecule has 1 aliphatic heterocycles. The van der Waals surface area contributed by atoms with Crippen molar-refractivity contribution >= 4 is 39.8 Å². The number of aryl methyl sites for hydroxylation is 1. The molecule has 0 bridgehead atoms. The molecule has 2 aromatic carbocycles. The maximum absolute atomic E-state index is 12.7. The van der Waals surface area contributed by atoms with Gasteiger partial charge in [0, 0.05) is 28.2 Å². The van der Waals surface area contributed by atoms with Crippen LogP contribution in [0, 0.1) is 0 Å². The lowest BCUT2D eigenvalue weighted by Gasteiger charge is -2.31. The molecule has 5 nitrogen and oxygen atoms in total. The van der Waals surface area contributed by atoms with Gasteiger partial charge in [0.25, 0.3) is 5.56 Å². The van der Waals surface area contributed by atoms with Crippen LogP contribution in [-0.4, -0.2) is 24.6 Å². The molecule has 1 aromatic heterocycles. The number of hydrogen-bond acceptors (Lipinski definition) is 4. The third kappa shape index (κ3) is 2.84. The molecule has 0 atom stereocenters. The van der Waals surface area contributed by atoms with Crippen molar-refractivity contribution in [2.75, 3.05) is 18.6 Å². The molecule has 3 aromatic rings. The zero-order valence-electron chi connectivity index (χ0n) is 14.2. The summed E-state index contributed by atoms with van der Waals surface area (Å²) < 4.78 is 4.78. The van der Waals surface area contributed by atoms with E-state index >= 15 is 0 Å². The molecule has 1 aliphatic rings. The number of anilines is 2. The van der Waals surface area contributed by atoms with Crippen molar-refractivity contribution in [3.63, 3.8) is 0 Å². The number of carbonyl (C=O) groups is 1. The Morgan fingerprint density at radius 1 is 1.15 bits per heavy atom. The van der Waals surface area contributed by atoms with Gasteiger partial charge in [-0.15, -0.1) is 0 Å². The summed E-state index contributed by atoms with van der Waals surface area (Å²) >= 11 is 6.11. The second kappa shape index (κ2) is 6.50. The number of pyridine rings is 1. The number of hydrogen-bond donors (Lipinski definition) is 1. The monoisotopic (exact) mass is 368 g/mol. The van der Waals surface area contributed by atoms with Crippen LogP contribution in [-0.2, 0) is 11.2 Å². The molecule has 0 unspecified atom stereocenters. The molecule has 0 spiro atoms. The molecular weight excluding hydrogens is 352 g/mol. The van der Waals surface area contributed by atoms with Crippen LogP contribution in [0.15, 0.2) is 47.3 Å². The number of nitrogens with one attached hydrogen (secondary N) is 1. The maximum Gasteiger partial charge on any atom is 0.337 e. The lowest BCUT2D eigenvalue weighted by molar-refractivity contribution is 0.0601. The van der Waals surface area contributed by atoms with E-state index in [9.17, 15) is 9.59 Å². The quantitative estimate of drug-likeness (QED) is 0.693. The van der Waals surface area contributed by atoms with Gasteiger partial charge >= 0.3 is 5.97 Å². The van der Waals surface area contributed by atoms with Crippen LogP contribution in [0.2, 0.25) is 5.02 Å². The molecule has 0 amide bonds. The summed E-state index contributed by atoms with van der Waals surface area (Å²) in [4.78, 5) is 29.4. The van der Waals surface area contributed by atoms with E-state index in [4.69, 9.17) is 16.3 Å². The summed E-state index contributed by atoms with van der Waals surface area (Å²) in [6.07, 6.45) is 1.87. The summed E-state index contributed by atoms with van der Waals surface area (Å²) in [5.41, 5.74) is 3.65.